The number of hydrogen-bond donors (Lipinski definition) is 0. The van der Waals surface area contributed by atoms with Crippen molar-refractivity contribution in [2.24, 2.45) is 0 Å². The van der Waals surface area contributed by atoms with Crippen molar-refractivity contribution in [1.29, 1.82) is 0 Å². The smallest absolute Gasteiger partial charge is 0.254 e. The molecule has 32 heavy (non-hydrogen) atoms. The topological polar surface area (TPSA) is 59.1 Å². The molecule has 1 heterocycles. The van der Waals surface area contributed by atoms with E-state index in [0.717, 1.165) is 23.3 Å². The van der Waals surface area contributed by atoms with E-state index in [9.17, 15) is 9.59 Å². The molecule has 0 aromatic heterocycles. The van der Waals surface area contributed by atoms with Gasteiger partial charge in [0.15, 0.2) is 11.5 Å². The summed E-state index contributed by atoms with van der Waals surface area (Å²) in [6.07, 6.45) is 3.95. The zero-order chi connectivity index (χ0) is 23.4. The van der Waals surface area contributed by atoms with Crippen molar-refractivity contribution < 1.29 is 19.1 Å². The molecular weight excluding hydrogens is 424 g/mol. The van der Waals surface area contributed by atoms with E-state index in [0.29, 0.717) is 29.2 Å². The summed E-state index contributed by atoms with van der Waals surface area (Å²) in [7, 11) is 6.70. The Bertz CT molecular complexity index is 977. The lowest BCUT2D eigenvalue weighted by atomic mass is 9.79. The van der Waals surface area contributed by atoms with Crippen LogP contribution >= 0.6 is 11.8 Å². The highest BCUT2D eigenvalue weighted by atomic mass is 32.2. The van der Waals surface area contributed by atoms with Crippen LogP contribution in [0.2, 0.25) is 0 Å². The van der Waals surface area contributed by atoms with E-state index in [1.54, 1.807) is 55.0 Å². The van der Waals surface area contributed by atoms with Gasteiger partial charge in [0.2, 0.25) is 5.91 Å². The van der Waals surface area contributed by atoms with Crippen molar-refractivity contribution in [2.75, 3.05) is 41.1 Å². The highest BCUT2D eigenvalue weighted by Crippen LogP contribution is 2.46. The van der Waals surface area contributed by atoms with Crippen LogP contribution in [0.3, 0.4) is 0 Å². The molecule has 0 radical (unpaired) electrons. The average Bonchev–Trinajstić information content (AvgIpc) is 2.83. The summed E-state index contributed by atoms with van der Waals surface area (Å²) in [6, 6.07) is 11.2. The molecule has 2 atom stereocenters. The summed E-state index contributed by atoms with van der Waals surface area (Å²) in [6.45, 7) is 2.78. The maximum atomic E-state index is 13.8. The number of carbonyl (C=O) groups excluding carboxylic acids is 2. The zero-order valence-electron chi connectivity index (χ0n) is 19.7. The molecule has 2 amide bonds. The number of unbranched alkanes of at least 4 members (excludes halogenated alkanes) is 1. The summed E-state index contributed by atoms with van der Waals surface area (Å²) >= 11 is 1.66. The lowest BCUT2D eigenvalue weighted by Crippen LogP contribution is -2.46. The van der Waals surface area contributed by atoms with E-state index in [1.165, 1.54) is 0 Å². The van der Waals surface area contributed by atoms with Gasteiger partial charge >= 0.3 is 0 Å². The highest BCUT2D eigenvalue weighted by molar-refractivity contribution is 7.98. The predicted octanol–water partition coefficient (Wildman–Crippen LogP) is 4.59. The first-order valence-electron chi connectivity index (χ1n) is 10.8. The molecule has 0 N–H and O–H groups in total. The van der Waals surface area contributed by atoms with E-state index in [1.807, 2.05) is 37.6 Å². The van der Waals surface area contributed by atoms with Crippen LogP contribution in [0, 0.1) is 0 Å². The van der Waals surface area contributed by atoms with Crippen molar-refractivity contribution >= 4 is 23.6 Å². The summed E-state index contributed by atoms with van der Waals surface area (Å²) in [5.74, 6) is 0.287. The van der Waals surface area contributed by atoms with E-state index >= 15 is 0 Å². The Hall–Kier alpha value is -2.67. The summed E-state index contributed by atoms with van der Waals surface area (Å²) < 4.78 is 10.9. The fraction of sp³-hybridized carbons (Fsp3) is 0.440. The molecule has 0 unspecified atom stereocenters. The first kappa shape index (κ1) is 24.0. The number of ether oxygens (including phenoxy) is 2. The van der Waals surface area contributed by atoms with Crippen molar-refractivity contribution in [3.63, 3.8) is 0 Å². The van der Waals surface area contributed by atoms with Crippen LogP contribution in [0.4, 0.5) is 0 Å². The molecule has 3 rings (SSSR count). The minimum absolute atomic E-state index is 0.00906. The first-order chi connectivity index (χ1) is 15.4. The van der Waals surface area contributed by atoms with E-state index in [2.05, 4.69) is 6.92 Å². The molecular formula is C25H32N2O4S. The van der Waals surface area contributed by atoms with Gasteiger partial charge in [-0.1, -0.05) is 25.5 Å². The molecule has 0 saturated carbocycles. The zero-order valence-corrected chi connectivity index (χ0v) is 20.5. The molecule has 6 nitrogen and oxygen atoms in total. The van der Waals surface area contributed by atoms with Crippen molar-refractivity contribution in [2.45, 2.75) is 36.6 Å². The number of amides is 2. The largest absolute Gasteiger partial charge is 0.493 e. The number of benzene rings is 2. The van der Waals surface area contributed by atoms with Gasteiger partial charge in [-0.2, -0.15) is 0 Å². The van der Waals surface area contributed by atoms with Crippen molar-refractivity contribution in [1.82, 2.24) is 9.80 Å². The van der Waals surface area contributed by atoms with Gasteiger partial charge in [-0.3, -0.25) is 9.59 Å². The fourth-order valence-corrected chi connectivity index (χ4v) is 4.68. The van der Waals surface area contributed by atoms with Crippen LogP contribution in [0.15, 0.2) is 41.3 Å². The minimum atomic E-state index is -0.547. The van der Waals surface area contributed by atoms with Gasteiger partial charge in [0, 0.05) is 31.1 Å². The molecule has 0 saturated heterocycles. The second kappa shape index (κ2) is 10.3. The van der Waals surface area contributed by atoms with Gasteiger partial charge in [0.1, 0.15) is 0 Å². The standard InChI is InChI=1S/C25H32N2O4S/c1-7-8-13-26(2)25(29)22-18-14-20(30-4)21(31-5)15-19(18)24(28)27(3)23(22)16-9-11-17(32-6)12-10-16/h9-12,14-15,22-23H,7-8,13H2,1-6H3/t22-,23+/m0/s1. The number of hydrogen-bond acceptors (Lipinski definition) is 5. The third kappa shape index (κ3) is 4.44. The van der Waals surface area contributed by atoms with Crippen LogP contribution in [0.5, 0.6) is 11.5 Å². The van der Waals surface area contributed by atoms with Gasteiger partial charge in [0.05, 0.1) is 26.2 Å². The third-order valence-electron chi connectivity index (χ3n) is 6.12. The summed E-state index contributed by atoms with van der Waals surface area (Å²) in [5, 5.41) is 0. The number of thioether (sulfide) groups is 1. The van der Waals surface area contributed by atoms with E-state index in [4.69, 9.17) is 9.47 Å². The second-order valence-corrected chi connectivity index (χ2v) is 8.90. The lowest BCUT2D eigenvalue weighted by molar-refractivity contribution is -0.133. The van der Waals surface area contributed by atoms with Crippen LogP contribution < -0.4 is 9.47 Å². The maximum Gasteiger partial charge on any atom is 0.254 e. The van der Waals surface area contributed by atoms with E-state index < -0.39 is 12.0 Å². The van der Waals surface area contributed by atoms with Crippen LogP contribution in [0.1, 0.15) is 53.2 Å². The lowest BCUT2D eigenvalue weighted by Gasteiger charge is -2.41. The number of methoxy groups -OCH3 is 2. The molecule has 2 aromatic carbocycles. The molecule has 1 aliphatic heterocycles. The third-order valence-corrected chi connectivity index (χ3v) is 6.86. The number of rotatable bonds is 8. The van der Waals surface area contributed by atoms with Crippen molar-refractivity contribution in [3.05, 3.63) is 53.1 Å². The molecule has 0 aliphatic carbocycles. The Kier molecular flexibility index (Phi) is 7.72. The summed E-state index contributed by atoms with van der Waals surface area (Å²) in [4.78, 5) is 31.8. The van der Waals surface area contributed by atoms with Gasteiger partial charge in [-0.25, -0.2) is 0 Å². The molecule has 0 spiro atoms. The summed E-state index contributed by atoms with van der Waals surface area (Å²) in [5.41, 5.74) is 2.09. The van der Waals surface area contributed by atoms with Gasteiger partial charge in [-0.05, 0) is 48.1 Å². The molecule has 1 aliphatic rings. The highest BCUT2D eigenvalue weighted by Gasteiger charge is 2.44. The Labute approximate surface area is 194 Å². The first-order valence-corrected chi connectivity index (χ1v) is 12.0. The number of fused-ring (bicyclic) bond motifs is 1. The average molecular weight is 457 g/mol. The Morgan fingerprint density at radius 2 is 1.75 bits per heavy atom. The Balaban J connectivity index is 2.19. The Morgan fingerprint density at radius 3 is 2.31 bits per heavy atom. The molecule has 7 heteroatoms. The SMILES string of the molecule is CCCCN(C)C(=O)[C@H]1c2cc(OC)c(OC)cc2C(=O)N(C)[C@@H]1c1ccc(SC)cc1. The number of nitrogens with zero attached hydrogens (tertiary/aromatic N) is 2. The molecule has 172 valence electrons. The monoisotopic (exact) mass is 456 g/mol. The number of carbonyl (C=O) groups is 2. The van der Waals surface area contributed by atoms with Crippen LogP contribution in [0.25, 0.3) is 0 Å². The fourth-order valence-electron chi connectivity index (χ4n) is 4.28. The normalized spacial score (nSPS) is 17.7. The van der Waals surface area contributed by atoms with Crippen molar-refractivity contribution in [3.8, 4) is 11.5 Å². The van der Waals surface area contributed by atoms with Crippen LogP contribution in [-0.2, 0) is 4.79 Å². The molecule has 0 fully saturated rings. The number of likely N-dealkylation sites (N-methyl/N-ethyl adjacent to an activating group) is 2. The minimum Gasteiger partial charge on any atom is -0.493 e. The van der Waals surface area contributed by atoms with Gasteiger partial charge < -0.3 is 19.3 Å². The maximum absolute atomic E-state index is 13.8. The van der Waals surface area contributed by atoms with Gasteiger partial charge in [-0.15, -0.1) is 11.8 Å². The van der Waals surface area contributed by atoms with Crippen LogP contribution in [-0.4, -0.2) is 62.7 Å². The quantitative estimate of drug-likeness (QED) is 0.544. The molecule has 2 aromatic rings. The predicted molar refractivity (Wildman–Crippen MR) is 128 cm³/mol. The second-order valence-electron chi connectivity index (χ2n) is 8.02. The van der Waals surface area contributed by atoms with E-state index in [-0.39, 0.29) is 11.8 Å². The molecule has 0 bridgehead atoms. The Morgan fingerprint density at radius 1 is 1.12 bits per heavy atom. The van der Waals surface area contributed by atoms with Gasteiger partial charge in [0.25, 0.3) is 5.91 Å².